The standard InChI is InChI=1S/C22H27N3O3/c1-25-13-19(17-10-11-24-22(27-3)21(17)25)18-12-14(23)4-9-20(18)28-16-7-5-15(26-2)6-8-16/h4,9-13,15-16H,5-8,23H2,1-3H3. The summed E-state index contributed by atoms with van der Waals surface area (Å²) in [5.41, 5.74) is 9.84. The lowest BCUT2D eigenvalue weighted by molar-refractivity contribution is 0.0329. The SMILES string of the molecule is COc1nccc2c(-c3cc(N)ccc3OC3CCC(OC)CC3)cn(C)c12. The number of ether oxygens (including phenoxy) is 3. The zero-order valence-corrected chi connectivity index (χ0v) is 16.6. The Labute approximate surface area is 165 Å². The van der Waals surface area contributed by atoms with Crippen molar-refractivity contribution in [3.8, 4) is 22.8 Å². The molecule has 0 bridgehead atoms. The molecular weight excluding hydrogens is 354 g/mol. The van der Waals surface area contributed by atoms with Crippen LogP contribution in [0.1, 0.15) is 25.7 Å². The van der Waals surface area contributed by atoms with Crippen LogP contribution in [0.5, 0.6) is 11.6 Å². The van der Waals surface area contributed by atoms with E-state index in [1.54, 1.807) is 20.4 Å². The molecule has 3 aromatic rings. The van der Waals surface area contributed by atoms with Crippen LogP contribution >= 0.6 is 0 Å². The third-order valence-corrected chi connectivity index (χ3v) is 5.59. The number of anilines is 1. The second kappa shape index (κ2) is 7.72. The van der Waals surface area contributed by atoms with Gasteiger partial charge in [0.15, 0.2) is 0 Å². The monoisotopic (exact) mass is 381 g/mol. The van der Waals surface area contributed by atoms with E-state index in [-0.39, 0.29) is 6.10 Å². The fourth-order valence-electron chi connectivity index (χ4n) is 4.11. The molecule has 0 atom stereocenters. The first-order valence-electron chi connectivity index (χ1n) is 9.68. The van der Waals surface area contributed by atoms with Crippen LogP contribution in [0.4, 0.5) is 5.69 Å². The maximum atomic E-state index is 6.44. The van der Waals surface area contributed by atoms with E-state index in [1.807, 2.05) is 35.9 Å². The highest BCUT2D eigenvalue weighted by Gasteiger charge is 2.24. The van der Waals surface area contributed by atoms with Gasteiger partial charge in [-0.1, -0.05) is 0 Å². The summed E-state index contributed by atoms with van der Waals surface area (Å²) in [4.78, 5) is 4.33. The van der Waals surface area contributed by atoms with Gasteiger partial charge in [0, 0.05) is 48.8 Å². The third-order valence-electron chi connectivity index (χ3n) is 5.59. The maximum Gasteiger partial charge on any atom is 0.238 e. The molecule has 0 saturated heterocycles. The van der Waals surface area contributed by atoms with Crippen molar-refractivity contribution in [3.05, 3.63) is 36.7 Å². The number of nitrogen functional groups attached to an aromatic ring is 1. The van der Waals surface area contributed by atoms with Gasteiger partial charge in [-0.3, -0.25) is 0 Å². The lowest BCUT2D eigenvalue weighted by Crippen LogP contribution is -2.27. The molecule has 28 heavy (non-hydrogen) atoms. The first-order valence-corrected chi connectivity index (χ1v) is 9.68. The van der Waals surface area contributed by atoms with Gasteiger partial charge < -0.3 is 24.5 Å². The molecule has 2 aromatic heterocycles. The summed E-state index contributed by atoms with van der Waals surface area (Å²) in [6, 6.07) is 7.86. The fourth-order valence-corrected chi connectivity index (χ4v) is 4.11. The van der Waals surface area contributed by atoms with Crippen LogP contribution < -0.4 is 15.2 Å². The molecule has 2 N–H and O–H groups in total. The molecule has 1 aliphatic rings. The minimum atomic E-state index is 0.194. The molecule has 2 heterocycles. The molecule has 1 fully saturated rings. The Balaban J connectivity index is 1.73. The van der Waals surface area contributed by atoms with Crippen LogP contribution in [-0.4, -0.2) is 36.0 Å². The van der Waals surface area contributed by atoms with Gasteiger partial charge in [-0.25, -0.2) is 4.98 Å². The van der Waals surface area contributed by atoms with Crippen LogP contribution in [0, 0.1) is 0 Å². The molecule has 148 valence electrons. The highest BCUT2D eigenvalue weighted by molar-refractivity contribution is 5.99. The molecule has 0 aliphatic heterocycles. The Morgan fingerprint density at radius 1 is 1.04 bits per heavy atom. The van der Waals surface area contributed by atoms with Gasteiger partial charge >= 0.3 is 0 Å². The zero-order chi connectivity index (χ0) is 19.7. The Morgan fingerprint density at radius 2 is 1.79 bits per heavy atom. The van der Waals surface area contributed by atoms with Crippen molar-refractivity contribution in [1.29, 1.82) is 0 Å². The summed E-state index contributed by atoms with van der Waals surface area (Å²) < 4.78 is 19.4. The molecule has 0 spiro atoms. The average molecular weight is 381 g/mol. The molecular formula is C22H27N3O3. The second-order valence-corrected chi connectivity index (χ2v) is 7.38. The van der Waals surface area contributed by atoms with Crippen LogP contribution in [0.2, 0.25) is 0 Å². The van der Waals surface area contributed by atoms with Gasteiger partial charge in [0.25, 0.3) is 0 Å². The first kappa shape index (κ1) is 18.6. The van der Waals surface area contributed by atoms with E-state index in [4.69, 9.17) is 19.9 Å². The molecule has 0 radical (unpaired) electrons. The highest BCUT2D eigenvalue weighted by atomic mass is 16.5. The van der Waals surface area contributed by atoms with E-state index in [9.17, 15) is 0 Å². The number of nitrogens with two attached hydrogens (primary N) is 1. The van der Waals surface area contributed by atoms with E-state index in [1.165, 1.54) is 0 Å². The Hall–Kier alpha value is -2.73. The quantitative estimate of drug-likeness (QED) is 0.672. The van der Waals surface area contributed by atoms with Crippen molar-refractivity contribution in [3.63, 3.8) is 0 Å². The summed E-state index contributed by atoms with van der Waals surface area (Å²) in [6.07, 6.45) is 8.45. The van der Waals surface area contributed by atoms with Crippen LogP contribution in [0.15, 0.2) is 36.7 Å². The van der Waals surface area contributed by atoms with E-state index < -0.39 is 0 Å². The van der Waals surface area contributed by atoms with Gasteiger partial charge in [0.1, 0.15) is 11.3 Å². The van der Waals surface area contributed by atoms with Crippen molar-refractivity contribution < 1.29 is 14.2 Å². The van der Waals surface area contributed by atoms with Crippen molar-refractivity contribution in [2.75, 3.05) is 20.0 Å². The van der Waals surface area contributed by atoms with Gasteiger partial charge in [0.05, 0.1) is 19.3 Å². The van der Waals surface area contributed by atoms with E-state index in [0.29, 0.717) is 17.7 Å². The molecule has 1 aliphatic carbocycles. The number of pyridine rings is 1. The number of hydrogen-bond acceptors (Lipinski definition) is 5. The number of aromatic nitrogens is 2. The number of methoxy groups -OCH3 is 2. The molecule has 1 aromatic carbocycles. The average Bonchev–Trinajstić information content (AvgIpc) is 3.06. The van der Waals surface area contributed by atoms with Gasteiger partial charge in [-0.15, -0.1) is 0 Å². The van der Waals surface area contributed by atoms with Crippen molar-refractivity contribution >= 4 is 16.6 Å². The topological polar surface area (TPSA) is 71.5 Å². The fraction of sp³-hybridized carbons (Fsp3) is 0.409. The summed E-state index contributed by atoms with van der Waals surface area (Å²) in [7, 11) is 5.42. The summed E-state index contributed by atoms with van der Waals surface area (Å²) in [5, 5.41) is 1.06. The first-order chi connectivity index (χ1) is 13.6. The highest BCUT2D eigenvalue weighted by Crippen LogP contribution is 2.40. The Bertz CT molecular complexity index is 975. The molecule has 0 unspecified atom stereocenters. The summed E-state index contributed by atoms with van der Waals surface area (Å²) >= 11 is 0. The number of rotatable bonds is 5. The minimum absolute atomic E-state index is 0.194. The van der Waals surface area contributed by atoms with Crippen LogP contribution in [0.25, 0.3) is 22.0 Å². The van der Waals surface area contributed by atoms with E-state index in [0.717, 1.165) is 53.5 Å². The molecule has 6 heteroatoms. The predicted molar refractivity (Wildman–Crippen MR) is 111 cm³/mol. The third kappa shape index (κ3) is 3.40. The van der Waals surface area contributed by atoms with Crippen LogP contribution in [0.3, 0.4) is 0 Å². The predicted octanol–water partition coefficient (Wildman–Crippen LogP) is 4.17. The van der Waals surface area contributed by atoms with E-state index >= 15 is 0 Å². The minimum Gasteiger partial charge on any atom is -0.490 e. The number of nitrogens with zero attached hydrogens (tertiary/aromatic N) is 2. The van der Waals surface area contributed by atoms with Crippen molar-refractivity contribution in [2.24, 2.45) is 7.05 Å². The number of benzene rings is 1. The molecule has 1 saturated carbocycles. The number of fused-ring (bicyclic) bond motifs is 1. The van der Waals surface area contributed by atoms with Crippen molar-refractivity contribution in [1.82, 2.24) is 9.55 Å². The lowest BCUT2D eigenvalue weighted by Gasteiger charge is -2.28. The summed E-state index contributed by atoms with van der Waals surface area (Å²) in [5.74, 6) is 1.47. The van der Waals surface area contributed by atoms with Crippen molar-refractivity contribution in [2.45, 2.75) is 37.9 Å². The zero-order valence-electron chi connectivity index (χ0n) is 16.6. The molecule has 4 rings (SSSR count). The second-order valence-electron chi connectivity index (χ2n) is 7.38. The Morgan fingerprint density at radius 3 is 2.50 bits per heavy atom. The Kier molecular flexibility index (Phi) is 5.13. The van der Waals surface area contributed by atoms with Gasteiger partial charge in [-0.2, -0.15) is 0 Å². The molecule has 6 nitrogen and oxygen atoms in total. The maximum absolute atomic E-state index is 6.44. The van der Waals surface area contributed by atoms with Crippen LogP contribution in [-0.2, 0) is 11.8 Å². The number of hydrogen-bond donors (Lipinski definition) is 1. The molecule has 0 amide bonds. The van der Waals surface area contributed by atoms with Gasteiger partial charge in [-0.05, 0) is 49.9 Å². The smallest absolute Gasteiger partial charge is 0.238 e. The normalized spacial score (nSPS) is 19.7. The lowest BCUT2D eigenvalue weighted by atomic mass is 9.94. The van der Waals surface area contributed by atoms with Gasteiger partial charge in [0.2, 0.25) is 5.88 Å². The summed E-state index contributed by atoms with van der Waals surface area (Å²) in [6.45, 7) is 0. The largest absolute Gasteiger partial charge is 0.490 e. The van der Waals surface area contributed by atoms with E-state index in [2.05, 4.69) is 11.2 Å². The number of aryl methyl sites for hydroxylation is 1.